The number of amides is 1. The fourth-order valence-electron chi connectivity index (χ4n) is 4.59. The lowest BCUT2D eigenvalue weighted by Crippen LogP contribution is -2.29. The van der Waals surface area contributed by atoms with Crippen LogP contribution in [0.5, 0.6) is 5.75 Å². The van der Waals surface area contributed by atoms with Gasteiger partial charge < -0.3 is 13.7 Å². The second-order valence-electron chi connectivity index (χ2n) is 8.89. The summed E-state index contributed by atoms with van der Waals surface area (Å²) in [6.07, 6.45) is 0. The van der Waals surface area contributed by atoms with Crippen LogP contribution >= 0.6 is 0 Å². The maximum absolute atomic E-state index is 13.7. The van der Waals surface area contributed by atoms with Crippen molar-refractivity contribution in [1.82, 2.24) is 5.16 Å². The van der Waals surface area contributed by atoms with Crippen LogP contribution in [0.1, 0.15) is 44.6 Å². The highest BCUT2D eigenvalue weighted by molar-refractivity contribution is 6.10. The Morgan fingerprint density at radius 2 is 1.72 bits per heavy atom. The minimum absolute atomic E-state index is 0.0198. The largest absolute Gasteiger partial charge is 0.489 e. The van der Waals surface area contributed by atoms with Gasteiger partial charge in [0.2, 0.25) is 5.76 Å². The summed E-state index contributed by atoms with van der Waals surface area (Å²) in [5.41, 5.74) is 3.15. The molecule has 36 heavy (non-hydrogen) atoms. The number of nitrogens with zero attached hydrogens (tertiary/aromatic N) is 2. The Bertz CT molecular complexity index is 1650. The van der Waals surface area contributed by atoms with Gasteiger partial charge in [0.15, 0.2) is 11.2 Å². The molecule has 5 aromatic rings. The highest BCUT2D eigenvalue weighted by Crippen LogP contribution is 2.41. The summed E-state index contributed by atoms with van der Waals surface area (Å²) in [4.78, 5) is 28.7. The Balaban J connectivity index is 1.44. The third kappa shape index (κ3) is 3.65. The molecule has 1 aliphatic heterocycles. The first-order valence-electron chi connectivity index (χ1n) is 11.6. The Hall–Kier alpha value is -4.65. The molecular formula is C29H22N2O5. The van der Waals surface area contributed by atoms with Crippen molar-refractivity contribution in [1.29, 1.82) is 0 Å². The van der Waals surface area contributed by atoms with Crippen molar-refractivity contribution < 1.29 is 18.5 Å². The lowest BCUT2D eigenvalue weighted by molar-refractivity contribution is 0.0969. The van der Waals surface area contributed by atoms with Gasteiger partial charge >= 0.3 is 0 Å². The van der Waals surface area contributed by atoms with Crippen LogP contribution in [0.4, 0.5) is 5.82 Å². The van der Waals surface area contributed by atoms with Gasteiger partial charge in [0.1, 0.15) is 23.7 Å². The lowest BCUT2D eigenvalue weighted by atomic mass is 9.98. The number of carbonyl (C=O) groups is 1. The third-order valence-electron chi connectivity index (χ3n) is 6.33. The molecule has 1 amide bonds. The molecule has 178 valence electrons. The molecule has 7 heteroatoms. The zero-order chi connectivity index (χ0) is 24.8. The maximum Gasteiger partial charge on any atom is 0.296 e. The monoisotopic (exact) mass is 478 g/mol. The number of benzene rings is 3. The van der Waals surface area contributed by atoms with E-state index in [0.29, 0.717) is 34.9 Å². The summed E-state index contributed by atoms with van der Waals surface area (Å²) in [5.74, 6) is 1.13. The molecule has 3 aromatic carbocycles. The number of hydrogen-bond donors (Lipinski definition) is 0. The van der Waals surface area contributed by atoms with Crippen LogP contribution in [0.2, 0.25) is 0 Å². The molecule has 1 atom stereocenters. The summed E-state index contributed by atoms with van der Waals surface area (Å²) in [6.45, 7) is 4.09. The predicted octanol–water partition coefficient (Wildman–Crippen LogP) is 5.73. The van der Waals surface area contributed by atoms with Crippen LogP contribution in [-0.4, -0.2) is 11.1 Å². The molecule has 0 bridgehead atoms. The molecule has 6 rings (SSSR count). The molecule has 7 nitrogen and oxygen atoms in total. The molecule has 3 heterocycles. The van der Waals surface area contributed by atoms with E-state index in [1.807, 2.05) is 67.6 Å². The lowest BCUT2D eigenvalue weighted by Gasteiger charge is -2.22. The van der Waals surface area contributed by atoms with E-state index in [1.165, 1.54) is 4.90 Å². The maximum atomic E-state index is 13.7. The van der Waals surface area contributed by atoms with E-state index in [2.05, 4.69) is 5.16 Å². The van der Waals surface area contributed by atoms with Crippen molar-refractivity contribution in [3.8, 4) is 5.75 Å². The summed E-state index contributed by atoms with van der Waals surface area (Å²) in [7, 11) is 0. The fraction of sp³-hybridized carbons (Fsp3) is 0.138. The molecule has 0 aliphatic carbocycles. The molecule has 0 spiro atoms. The zero-order valence-corrected chi connectivity index (χ0v) is 19.7. The summed E-state index contributed by atoms with van der Waals surface area (Å²) in [6, 6.07) is 23.6. The van der Waals surface area contributed by atoms with Crippen molar-refractivity contribution in [3.05, 3.63) is 123 Å². The summed E-state index contributed by atoms with van der Waals surface area (Å²) < 4.78 is 17.2. The van der Waals surface area contributed by atoms with E-state index in [1.54, 1.807) is 25.1 Å². The topological polar surface area (TPSA) is 85.8 Å². The van der Waals surface area contributed by atoms with Crippen molar-refractivity contribution in [3.63, 3.8) is 0 Å². The summed E-state index contributed by atoms with van der Waals surface area (Å²) in [5, 5.41) is 4.50. The third-order valence-corrected chi connectivity index (χ3v) is 6.33. The molecule has 0 unspecified atom stereocenters. The van der Waals surface area contributed by atoms with Crippen molar-refractivity contribution >= 4 is 22.7 Å². The van der Waals surface area contributed by atoms with Gasteiger partial charge in [-0.3, -0.25) is 14.5 Å². The van der Waals surface area contributed by atoms with E-state index in [9.17, 15) is 9.59 Å². The second kappa shape index (κ2) is 8.53. The summed E-state index contributed by atoms with van der Waals surface area (Å²) >= 11 is 0. The van der Waals surface area contributed by atoms with E-state index < -0.39 is 11.9 Å². The first-order valence-corrected chi connectivity index (χ1v) is 11.6. The molecule has 0 N–H and O–H groups in total. The second-order valence-corrected chi connectivity index (χ2v) is 8.89. The van der Waals surface area contributed by atoms with Gasteiger partial charge in [-0.25, -0.2) is 0 Å². The number of ether oxygens (including phenoxy) is 1. The van der Waals surface area contributed by atoms with Gasteiger partial charge in [0, 0.05) is 6.07 Å². The fourth-order valence-corrected chi connectivity index (χ4v) is 4.59. The van der Waals surface area contributed by atoms with E-state index in [0.717, 1.165) is 16.7 Å². The van der Waals surface area contributed by atoms with Crippen LogP contribution in [0, 0.1) is 13.8 Å². The van der Waals surface area contributed by atoms with Gasteiger partial charge in [0.05, 0.1) is 17.0 Å². The number of rotatable bonds is 5. The molecular weight excluding hydrogens is 456 g/mol. The Morgan fingerprint density at radius 3 is 2.44 bits per heavy atom. The van der Waals surface area contributed by atoms with Crippen molar-refractivity contribution in [2.24, 2.45) is 0 Å². The molecule has 2 aromatic heterocycles. The number of anilines is 1. The van der Waals surface area contributed by atoms with Crippen LogP contribution < -0.4 is 15.1 Å². The standard InChI is InChI=1S/C29H22N2O5/c1-17-8-13-23-22(14-17)27(32)25-26(31(29(33)28(25)35-23)24-15-18(2)36-30-24)20-9-11-21(12-10-20)34-16-19-6-4-3-5-7-19/h3-15,26H,16H2,1-2H3/t26-/m1/s1. The highest BCUT2D eigenvalue weighted by atomic mass is 16.5. The highest BCUT2D eigenvalue weighted by Gasteiger charge is 2.44. The Morgan fingerprint density at radius 1 is 0.944 bits per heavy atom. The van der Waals surface area contributed by atoms with Crippen molar-refractivity contribution in [2.45, 2.75) is 26.5 Å². The predicted molar refractivity (Wildman–Crippen MR) is 134 cm³/mol. The van der Waals surface area contributed by atoms with Crippen LogP contribution in [0.15, 0.2) is 92.6 Å². The SMILES string of the molecule is Cc1ccc2oc3c(c(=O)c2c1)[C@@H](c1ccc(OCc2ccccc2)cc1)N(c1cc(C)on1)C3=O. The Kier molecular flexibility index (Phi) is 5.18. The number of aryl methyl sites for hydroxylation is 2. The normalized spacial score (nSPS) is 14.9. The molecule has 0 radical (unpaired) electrons. The first-order chi connectivity index (χ1) is 17.5. The quantitative estimate of drug-likeness (QED) is 0.321. The number of hydrogen-bond acceptors (Lipinski definition) is 6. The van der Waals surface area contributed by atoms with Gasteiger partial charge in [-0.2, -0.15) is 0 Å². The van der Waals surface area contributed by atoms with Crippen LogP contribution in [0.3, 0.4) is 0 Å². The van der Waals surface area contributed by atoms with Crippen molar-refractivity contribution in [2.75, 3.05) is 4.90 Å². The van der Waals surface area contributed by atoms with E-state index >= 15 is 0 Å². The van der Waals surface area contributed by atoms with Gasteiger partial charge in [0.25, 0.3) is 5.91 Å². The molecule has 1 aliphatic rings. The van der Waals surface area contributed by atoms with Crippen LogP contribution in [0.25, 0.3) is 11.0 Å². The smallest absolute Gasteiger partial charge is 0.296 e. The van der Waals surface area contributed by atoms with Gasteiger partial charge in [-0.05, 0) is 49.2 Å². The minimum Gasteiger partial charge on any atom is -0.489 e. The average molecular weight is 479 g/mol. The number of carbonyl (C=O) groups excluding carboxylic acids is 1. The van der Waals surface area contributed by atoms with Gasteiger partial charge in [-0.15, -0.1) is 0 Å². The molecule has 0 saturated carbocycles. The van der Waals surface area contributed by atoms with Gasteiger partial charge in [-0.1, -0.05) is 59.3 Å². The minimum atomic E-state index is -0.721. The molecule has 0 fully saturated rings. The molecule has 0 saturated heterocycles. The Labute approximate surface area is 206 Å². The van der Waals surface area contributed by atoms with E-state index in [-0.39, 0.29) is 16.8 Å². The number of aromatic nitrogens is 1. The first kappa shape index (κ1) is 21.9. The number of fused-ring (bicyclic) bond motifs is 2. The zero-order valence-electron chi connectivity index (χ0n) is 19.7. The average Bonchev–Trinajstić information content (AvgIpc) is 3.45. The van der Waals surface area contributed by atoms with Crippen LogP contribution in [-0.2, 0) is 6.61 Å². The van der Waals surface area contributed by atoms with E-state index in [4.69, 9.17) is 13.7 Å².